The molecule has 1 rings (SSSR count). The summed E-state index contributed by atoms with van der Waals surface area (Å²) in [5.41, 5.74) is 1.52. The summed E-state index contributed by atoms with van der Waals surface area (Å²) in [6.45, 7) is 48.5. The lowest BCUT2D eigenvalue weighted by atomic mass is 9.35. The van der Waals surface area contributed by atoms with E-state index in [9.17, 15) is 0 Å². The van der Waals surface area contributed by atoms with Crippen LogP contribution in [-0.2, 0) is 0 Å². The molecule has 1 heterocycles. The number of nitrogens with zero attached hydrogens (tertiary/aromatic N) is 3. The predicted octanol–water partition coefficient (Wildman–Crippen LogP) is 8.65. The maximum atomic E-state index is 2.95. The summed E-state index contributed by atoms with van der Waals surface area (Å²) < 4.78 is 8.85. The lowest BCUT2D eigenvalue weighted by Crippen LogP contribution is -2.80. The molecule has 1 aliphatic rings. The van der Waals surface area contributed by atoms with E-state index in [1.807, 2.05) is 0 Å². The Morgan fingerprint density at radius 1 is 0.306 bits per heavy atom. The minimum atomic E-state index is 0.240. The number of hydrogen-bond acceptors (Lipinski definition) is 3. The maximum Gasteiger partial charge on any atom is 0.290 e. The molecule has 36 heavy (non-hydrogen) atoms. The summed E-state index contributed by atoms with van der Waals surface area (Å²) in [4.78, 5) is 0. The van der Waals surface area contributed by atoms with Gasteiger partial charge >= 0.3 is 0 Å². The Bertz CT molecular complexity index is 514. The van der Waals surface area contributed by atoms with Crippen molar-refractivity contribution in [2.75, 3.05) is 19.6 Å². The SMILES string of the molecule is CC(C)(C)CB1N(CC(C)(C)C)B(CC(C)(C)C)N(CC(C)(C)C)B(CC(C)(C)C)N1CC(C)(C)C. The van der Waals surface area contributed by atoms with Crippen molar-refractivity contribution in [3.8, 4) is 0 Å². The fraction of sp³-hybridized carbons (Fsp3) is 1.00. The van der Waals surface area contributed by atoms with Crippen LogP contribution in [0.25, 0.3) is 0 Å². The van der Waals surface area contributed by atoms with Crippen LogP contribution in [0.5, 0.6) is 0 Å². The highest BCUT2D eigenvalue weighted by Crippen LogP contribution is 2.40. The van der Waals surface area contributed by atoms with E-state index in [1.54, 1.807) is 0 Å². The summed E-state index contributed by atoms with van der Waals surface area (Å²) in [7, 11) is 0. The maximum absolute atomic E-state index is 2.95. The molecule has 1 aliphatic heterocycles. The average Bonchev–Trinajstić information content (AvgIpc) is 2.51. The van der Waals surface area contributed by atoms with Crippen molar-refractivity contribution in [2.24, 2.45) is 32.5 Å². The number of rotatable bonds is 6. The molecule has 0 amide bonds. The molecule has 1 saturated heterocycles. The van der Waals surface area contributed by atoms with Gasteiger partial charge in [0.2, 0.25) is 0 Å². The Balaban J connectivity index is 3.94. The molecule has 0 N–H and O–H groups in total. The van der Waals surface area contributed by atoms with Crippen LogP contribution in [0.1, 0.15) is 125 Å². The van der Waals surface area contributed by atoms with Gasteiger partial charge < -0.3 is 14.2 Å². The molecule has 0 bridgehead atoms. The Hall–Kier alpha value is 0.0748. The third-order valence-corrected chi connectivity index (χ3v) is 6.65. The van der Waals surface area contributed by atoms with Crippen LogP contribution in [0, 0.1) is 32.5 Å². The van der Waals surface area contributed by atoms with E-state index in [0.29, 0.717) is 20.9 Å². The zero-order chi connectivity index (χ0) is 28.7. The lowest BCUT2D eigenvalue weighted by Gasteiger charge is -2.60. The van der Waals surface area contributed by atoms with Crippen LogP contribution in [0.4, 0.5) is 0 Å². The van der Waals surface area contributed by atoms with Gasteiger partial charge in [0.1, 0.15) is 0 Å². The van der Waals surface area contributed by atoms with Gasteiger partial charge in [-0.3, -0.25) is 0 Å². The van der Waals surface area contributed by atoms with Gasteiger partial charge in [-0.05, 0) is 71.1 Å². The highest BCUT2D eigenvalue weighted by molar-refractivity contribution is 6.86. The second-order valence-corrected chi connectivity index (χ2v) is 19.4. The quantitative estimate of drug-likeness (QED) is 0.338. The van der Waals surface area contributed by atoms with Gasteiger partial charge in [-0.2, -0.15) is 0 Å². The summed E-state index contributed by atoms with van der Waals surface area (Å²) in [5, 5.41) is 0. The van der Waals surface area contributed by atoms with Gasteiger partial charge in [0.05, 0.1) is 0 Å². The number of hydrogen-bond donors (Lipinski definition) is 0. The fourth-order valence-electron chi connectivity index (χ4n) is 5.79. The molecule has 0 aliphatic carbocycles. The molecular weight excluding hydrogens is 435 g/mol. The third-order valence-electron chi connectivity index (χ3n) is 6.65. The van der Waals surface area contributed by atoms with Gasteiger partial charge in [0.15, 0.2) is 0 Å². The van der Waals surface area contributed by atoms with Crippen molar-refractivity contribution < 1.29 is 0 Å². The molecule has 0 radical (unpaired) electrons. The lowest BCUT2D eigenvalue weighted by molar-refractivity contribution is 0.248. The summed E-state index contributed by atoms with van der Waals surface area (Å²) in [6.07, 6.45) is 3.59. The van der Waals surface area contributed by atoms with Crippen LogP contribution in [0.15, 0.2) is 0 Å². The van der Waals surface area contributed by atoms with E-state index >= 15 is 0 Å². The fourth-order valence-corrected chi connectivity index (χ4v) is 5.79. The summed E-state index contributed by atoms with van der Waals surface area (Å²) >= 11 is 0. The van der Waals surface area contributed by atoms with E-state index in [4.69, 9.17) is 0 Å². The van der Waals surface area contributed by atoms with Crippen LogP contribution in [0.3, 0.4) is 0 Å². The summed E-state index contributed by atoms with van der Waals surface area (Å²) in [6, 6.07) is 0. The molecule has 0 saturated carbocycles. The van der Waals surface area contributed by atoms with Crippen molar-refractivity contribution >= 4 is 20.9 Å². The molecule has 0 aromatic rings. The molecule has 1 fully saturated rings. The first kappa shape index (κ1) is 34.1. The van der Waals surface area contributed by atoms with Crippen LogP contribution in [0.2, 0.25) is 19.0 Å². The predicted molar refractivity (Wildman–Crippen MR) is 169 cm³/mol. The van der Waals surface area contributed by atoms with E-state index in [2.05, 4.69) is 139 Å². The minimum Gasteiger partial charge on any atom is -0.357 e. The van der Waals surface area contributed by atoms with Gasteiger partial charge in [-0.15, -0.1) is 0 Å². The van der Waals surface area contributed by atoms with Crippen molar-refractivity contribution in [1.82, 2.24) is 14.2 Å². The van der Waals surface area contributed by atoms with E-state index in [0.717, 1.165) is 19.6 Å². The van der Waals surface area contributed by atoms with Crippen LogP contribution >= 0.6 is 0 Å². The first-order valence-corrected chi connectivity index (χ1v) is 14.8. The molecule has 0 aromatic carbocycles. The first-order chi connectivity index (χ1) is 15.6. The Kier molecular flexibility index (Phi) is 10.7. The molecular formula is C30H66B3N3. The van der Waals surface area contributed by atoms with E-state index < -0.39 is 0 Å². The minimum absolute atomic E-state index is 0.240. The topological polar surface area (TPSA) is 9.72 Å². The van der Waals surface area contributed by atoms with Crippen LogP contribution in [-0.4, -0.2) is 54.7 Å². The van der Waals surface area contributed by atoms with Crippen LogP contribution < -0.4 is 0 Å². The van der Waals surface area contributed by atoms with Gasteiger partial charge in [0.25, 0.3) is 20.9 Å². The highest BCUT2D eigenvalue weighted by atomic mass is 15.3. The largest absolute Gasteiger partial charge is 0.357 e. The smallest absolute Gasteiger partial charge is 0.290 e. The molecule has 0 aromatic heterocycles. The first-order valence-electron chi connectivity index (χ1n) is 14.8. The standard InChI is InChI=1S/C30H66B3N3/c1-25(2,3)19-31-34(22-28(10,11)12)32(20-26(4,5)6)36(24-30(16,17)18)33(21-27(7,8)9)35(31)23-29(13,14)15/h19-24H2,1-18H3. The molecule has 0 atom stereocenters. The molecule has 0 spiro atoms. The molecule has 210 valence electrons. The van der Waals surface area contributed by atoms with Gasteiger partial charge in [-0.1, -0.05) is 125 Å². The second-order valence-electron chi connectivity index (χ2n) is 19.4. The molecule has 3 nitrogen and oxygen atoms in total. The van der Waals surface area contributed by atoms with E-state index in [1.165, 1.54) is 19.0 Å². The van der Waals surface area contributed by atoms with Crippen molar-refractivity contribution in [1.29, 1.82) is 0 Å². The van der Waals surface area contributed by atoms with Crippen molar-refractivity contribution in [3.05, 3.63) is 0 Å². The third kappa shape index (κ3) is 12.7. The zero-order valence-corrected chi connectivity index (χ0v) is 28.3. The molecule has 6 heteroatoms. The van der Waals surface area contributed by atoms with E-state index in [-0.39, 0.29) is 32.5 Å². The van der Waals surface area contributed by atoms with Gasteiger partial charge in [-0.25, -0.2) is 0 Å². The van der Waals surface area contributed by atoms with Crippen molar-refractivity contribution in [3.63, 3.8) is 0 Å². The highest BCUT2D eigenvalue weighted by Gasteiger charge is 2.55. The van der Waals surface area contributed by atoms with Gasteiger partial charge in [0, 0.05) is 0 Å². The Labute approximate surface area is 230 Å². The normalized spacial score (nSPS) is 19.0. The Morgan fingerprint density at radius 3 is 0.583 bits per heavy atom. The average molecular weight is 501 g/mol. The molecule has 0 unspecified atom stereocenters. The second kappa shape index (κ2) is 11.3. The summed E-state index contributed by atoms with van der Waals surface area (Å²) in [5.74, 6) is 0. The Morgan fingerprint density at radius 2 is 0.472 bits per heavy atom. The monoisotopic (exact) mass is 502 g/mol. The zero-order valence-electron chi connectivity index (χ0n) is 28.3. The van der Waals surface area contributed by atoms with Crippen molar-refractivity contribution in [2.45, 2.75) is 144 Å².